The van der Waals surface area contributed by atoms with Crippen molar-refractivity contribution >= 4 is 39.7 Å². The largest absolute Gasteiger partial charge is 0.482 e. The van der Waals surface area contributed by atoms with E-state index in [4.69, 9.17) is 16.3 Å². The summed E-state index contributed by atoms with van der Waals surface area (Å²) in [6, 6.07) is 14.5. The molecule has 0 fully saturated rings. The zero-order valence-electron chi connectivity index (χ0n) is 10.9. The van der Waals surface area contributed by atoms with Crippen molar-refractivity contribution in [1.29, 1.82) is 0 Å². The third-order valence-corrected chi connectivity index (χ3v) is 3.31. The number of benzene rings is 2. The molecule has 0 radical (unpaired) electrons. The zero-order valence-corrected chi connectivity index (χ0v) is 13.3. The van der Waals surface area contributed by atoms with Crippen LogP contribution < -0.4 is 10.2 Å². The monoisotopic (exact) mass is 366 g/mol. The minimum Gasteiger partial charge on any atom is -0.482 e. The van der Waals surface area contributed by atoms with E-state index in [0.29, 0.717) is 10.8 Å². The van der Waals surface area contributed by atoms with Gasteiger partial charge in [0.2, 0.25) is 0 Å². The zero-order chi connectivity index (χ0) is 15.1. The molecule has 0 heterocycles. The van der Waals surface area contributed by atoms with E-state index >= 15 is 0 Å². The molecule has 0 saturated carbocycles. The summed E-state index contributed by atoms with van der Waals surface area (Å²) in [5.41, 5.74) is 3.27. The minimum atomic E-state index is -0.358. The maximum atomic E-state index is 11.6. The summed E-state index contributed by atoms with van der Waals surface area (Å²) < 4.78 is 6.28. The third-order valence-electron chi connectivity index (χ3n) is 2.47. The fraction of sp³-hybridized carbons (Fsp3) is 0.0667. The van der Waals surface area contributed by atoms with Gasteiger partial charge in [-0.25, -0.2) is 5.43 Å². The Hall–Kier alpha value is -1.85. The number of hydrazone groups is 1. The first kappa shape index (κ1) is 15.5. The fourth-order valence-corrected chi connectivity index (χ4v) is 1.92. The number of hydrogen-bond donors (Lipinski definition) is 1. The average molecular weight is 368 g/mol. The minimum absolute atomic E-state index is 0.151. The van der Waals surface area contributed by atoms with Crippen molar-refractivity contribution in [3.05, 3.63) is 63.6 Å². The summed E-state index contributed by atoms with van der Waals surface area (Å²) in [6.45, 7) is -0.151. The summed E-state index contributed by atoms with van der Waals surface area (Å²) in [7, 11) is 0. The predicted molar refractivity (Wildman–Crippen MR) is 86.8 cm³/mol. The van der Waals surface area contributed by atoms with Crippen LogP contribution in [0.25, 0.3) is 0 Å². The van der Waals surface area contributed by atoms with E-state index in [9.17, 15) is 4.79 Å². The van der Waals surface area contributed by atoms with Gasteiger partial charge in [0.15, 0.2) is 6.61 Å². The fourth-order valence-electron chi connectivity index (χ4n) is 1.47. The Balaban J connectivity index is 1.80. The molecule has 1 amide bonds. The van der Waals surface area contributed by atoms with Crippen LogP contribution in [0.15, 0.2) is 58.1 Å². The second-order valence-corrected chi connectivity index (χ2v) is 5.39. The topological polar surface area (TPSA) is 50.7 Å². The summed E-state index contributed by atoms with van der Waals surface area (Å²) in [6.07, 6.45) is 1.56. The molecule has 0 unspecified atom stereocenters. The number of rotatable bonds is 5. The Bertz CT molecular complexity index is 644. The third kappa shape index (κ3) is 5.21. The first-order valence-corrected chi connectivity index (χ1v) is 7.27. The maximum Gasteiger partial charge on any atom is 0.277 e. The van der Waals surface area contributed by atoms with Crippen LogP contribution in [-0.4, -0.2) is 18.7 Å². The van der Waals surface area contributed by atoms with E-state index < -0.39 is 0 Å². The number of halogens is 2. The van der Waals surface area contributed by atoms with E-state index in [1.54, 1.807) is 30.5 Å². The lowest BCUT2D eigenvalue weighted by atomic mass is 10.2. The molecule has 2 aromatic rings. The molecule has 0 aliphatic carbocycles. The molecule has 21 heavy (non-hydrogen) atoms. The number of carbonyl (C=O) groups excluding carboxylic acids is 1. The van der Waals surface area contributed by atoms with Gasteiger partial charge < -0.3 is 4.74 Å². The Morgan fingerprint density at radius 1 is 1.24 bits per heavy atom. The van der Waals surface area contributed by atoms with Gasteiger partial charge >= 0.3 is 0 Å². The molecule has 108 valence electrons. The van der Waals surface area contributed by atoms with E-state index in [1.165, 1.54) is 0 Å². The lowest BCUT2D eigenvalue weighted by Crippen LogP contribution is -2.24. The van der Waals surface area contributed by atoms with E-state index in [-0.39, 0.29) is 12.5 Å². The van der Waals surface area contributed by atoms with Crippen LogP contribution in [0.5, 0.6) is 5.75 Å². The molecule has 0 atom stereocenters. The summed E-state index contributed by atoms with van der Waals surface area (Å²) in [4.78, 5) is 11.6. The number of ether oxygens (including phenoxy) is 1. The van der Waals surface area contributed by atoms with Gasteiger partial charge in [-0.2, -0.15) is 5.10 Å². The Kier molecular flexibility index (Phi) is 5.78. The summed E-state index contributed by atoms with van der Waals surface area (Å²) >= 11 is 9.26. The molecule has 1 N–H and O–H groups in total. The highest BCUT2D eigenvalue weighted by Crippen LogP contribution is 2.22. The van der Waals surface area contributed by atoms with Gasteiger partial charge in [-0.1, -0.05) is 51.8 Å². The first-order chi connectivity index (χ1) is 10.1. The second kappa shape index (κ2) is 7.81. The van der Waals surface area contributed by atoms with Gasteiger partial charge in [-0.3, -0.25) is 4.79 Å². The Morgan fingerprint density at radius 3 is 2.67 bits per heavy atom. The maximum absolute atomic E-state index is 11.6. The number of carbonyl (C=O) groups is 1. The van der Waals surface area contributed by atoms with Gasteiger partial charge in [-0.05, 0) is 29.8 Å². The number of amides is 1. The van der Waals surface area contributed by atoms with Crippen molar-refractivity contribution in [3.8, 4) is 5.75 Å². The first-order valence-electron chi connectivity index (χ1n) is 6.10. The van der Waals surface area contributed by atoms with Crippen LogP contribution >= 0.6 is 27.5 Å². The van der Waals surface area contributed by atoms with Crippen LogP contribution in [0.1, 0.15) is 5.56 Å². The van der Waals surface area contributed by atoms with Crippen LogP contribution in [0.4, 0.5) is 0 Å². The van der Waals surface area contributed by atoms with Crippen molar-refractivity contribution in [2.24, 2.45) is 5.10 Å². The molecule has 0 spiro atoms. The molecule has 0 aromatic heterocycles. The summed E-state index contributed by atoms with van der Waals surface area (Å²) in [5.74, 6) is 0.106. The molecule has 0 aliphatic rings. The van der Waals surface area contributed by atoms with E-state index in [0.717, 1.165) is 10.0 Å². The van der Waals surface area contributed by atoms with E-state index in [2.05, 4.69) is 26.5 Å². The predicted octanol–water partition coefficient (Wildman–Crippen LogP) is 3.63. The lowest BCUT2D eigenvalue weighted by molar-refractivity contribution is -0.123. The van der Waals surface area contributed by atoms with Crippen molar-refractivity contribution in [3.63, 3.8) is 0 Å². The second-order valence-electron chi connectivity index (χ2n) is 4.06. The number of nitrogens with one attached hydrogen (secondary N) is 1. The lowest BCUT2D eigenvalue weighted by Gasteiger charge is -2.06. The molecule has 6 heteroatoms. The number of hydrogen-bond acceptors (Lipinski definition) is 3. The molecular weight excluding hydrogens is 356 g/mol. The Morgan fingerprint density at radius 2 is 1.95 bits per heavy atom. The molecule has 0 aliphatic heterocycles. The van der Waals surface area contributed by atoms with Gasteiger partial charge in [0.1, 0.15) is 5.75 Å². The van der Waals surface area contributed by atoms with Crippen LogP contribution in [-0.2, 0) is 4.79 Å². The van der Waals surface area contributed by atoms with Crippen LogP contribution in [0.2, 0.25) is 5.02 Å². The van der Waals surface area contributed by atoms with Gasteiger partial charge in [0.25, 0.3) is 5.91 Å². The average Bonchev–Trinajstić information content (AvgIpc) is 2.48. The number of nitrogens with zero attached hydrogens (tertiary/aromatic N) is 1. The SMILES string of the molecule is O=C(COc1ccccc1Cl)N/N=C/c1ccc(Br)cc1. The van der Waals surface area contributed by atoms with Crippen molar-refractivity contribution < 1.29 is 9.53 Å². The molecular formula is C15H12BrClN2O2. The summed E-state index contributed by atoms with van der Waals surface area (Å²) in [5, 5.41) is 4.31. The van der Waals surface area contributed by atoms with Crippen molar-refractivity contribution in [2.45, 2.75) is 0 Å². The molecule has 0 bridgehead atoms. The van der Waals surface area contributed by atoms with Gasteiger partial charge in [0.05, 0.1) is 11.2 Å². The molecule has 2 rings (SSSR count). The van der Waals surface area contributed by atoms with Gasteiger partial charge in [0, 0.05) is 4.47 Å². The highest BCUT2D eigenvalue weighted by molar-refractivity contribution is 9.10. The smallest absolute Gasteiger partial charge is 0.277 e. The standard InChI is InChI=1S/C15H12BrClN2O2/c16-12-7-5-11(6-8-12)9-18-19-15(20)10-21-14-4-2-1-3-13(14)17/h1-9H,10H2,(H,19,20)/b18-9+. The van der Waals surface area contributed by atoms with Crippen LogP contribution in [0, 0.1) is 0 Å². The Labute approximate surface area is 135 Å². The highest BCUT2D eigenvalue weighted by Gasteiger charge is 2.03. The molecule has 2 aromatic carbocycles. The highest BCUT2D eigenvalue weighted by atomic mass is 79.9. The molecule has 0 saturated heterocycles. The quantitative estimate of drug-likeness (QED) is 0.648. The van der Waals surface area contributed by atoms with Crippen LogP contribution in [0.3, 0.4) is 0 Å². The number of para-hydroxylation sites is 1. The molecule has 4 nitrogen and oxygen atoms in total. The van der Waals surface area contributed by atoms with E-state index in [1.807, 2.05) is 24.3 Å². The normalized spacial score (nSPS) is 10.6. The van der Waals surface area contributed by atoms with Gasteiger partial charge in [-0.15, -0.1) is 0 Å². The van der Waals surface area contributed by atoms with Crippen molar-refractivity contribution in [1.82, 2.24) is 5.43 Å². The van der Waals surface area contributed by atoms with Crippen molar-refractivity contribution in [2.75, 3.05) is 6.61 Å².